The summed E-state index contributed by atoms with van der Waals surface area (Å²) in [6.07, 6.45) is 2.06. The van der Waals surface area contributed by atoms with Gasteiger partial charge in [-0.25, -0.2) is 4.68 Å². The first kappa shape index (κ1) is 17.1. The monoisotopic (exact) mass is 342 g/mol. The summed E-state index contributed by atoms with van der Waals surface area (Å²) in [5.74, 6) is -0.257. The van der Waals surface area contributed by atoms with Gasteiger partial charge in [-0.05, 0) is 58.1 Å². The number of rotatable bonds is 6. The molecule has 25 heavy (non-hydrogen) atoms. The van der Waals surface area contributed by atoms with E-state index in [1.165, 1.54) is 0 Å². The van der Waals surface area contributed by atoms with Crippen LogP contribution >= 0.6 is 0 Å². The topological polar surface area (TPSA) is 92.1 Å². The fourth-order valence-electron chi connectivity index (χ4n) is 2.44. The average Bonchev–Trinajstić information content (AvgIpc) is 3.27. The number of aromatic nitrogens is 3. The molecule has 2 N–H and O–H groups in total. The molecule has 0 bridgehead atoms. The summed E-state index contributed by atoms with van der Waals surface area (Å²) < 4.78 is 1.62. The lowest BCUT2D eigenvalue weighted by Gasteiger charge is -2.10. The van der Waals surface area contributed by atoms with Crippen molar-refractivity contribution in [2.24, 2.45) is 0 Å². The molecule has 8 nitrogen and oxygen atoms in total. The van der Waals surface area contributed by atoms with Crippen molar-refractivity contribution < 1.29 is 9.59 Å². The molecule has 2 amide bonds. The number of benzene rings is 1. The molecular weight excluding hydrogens is 320 g/mol. The molecule has 1 aliphatic rings. The van der Waals surface area contributed by atoms with E-state index in [1.807, 2.05) is 33.2 Å². The summed E-state index contributed by atoms with van der Waals surface area (Å²) in [5.41, 5.74) is 2.51. The van der Waals surface area contributed by atoms with Gasteiger partial charge in [0.1, 0.15) is 0 Å². The molecule has 1 aliphatic carbocycles. The normalized spacial score (nSPS) is 13.8. The Bertz CT molecular complexity index is 777. The van der Waals surface area contributed by atoms with Crippen LogP contribution < -0.4 is 10.6 Å². The maximum Gasteiger partial charge on any atom is 0.273 e. The molecule has 1 aromatic carbocycles. The zero-order valence-electron chi connectivity index (χ0n) is 14.6. The van der Waals surface area contributed by atoms with Gasteiger partial charge >= 0.3 is 0 Å². The Labute approximate surface area is 146 Å². The van der Waals surface area contributed by atoms with E-state index in [1.54, 1.807) is 21.7 Å². The maximum absolute atomic E-state index is 12.1. The number of nitrogens with zero attached hydrogens (tertiary/aromatic N) is 4. The summed E-state index contributed by atoms with van der Waals surface area (Å²) in [7, 11) is 3.68. The lowest BCUT2D eigenvalue weighted by molar-refractivity contribution is -0.116. The van der Waals surface area contributed by atoms with E-state index in [0.717, 1.165) is 18.5 Å². The molecule has 1 aromatic heterocycles. The number of nitrogens with one attached hydrogen (secondary N) is 2. The van der Waals surface area contributed by atoms with Crippen LogP contribution in [-0.4, -0.2) is 58.4 Å². The Balaban J connectivity index is 1.70. The van der Waals surface area contributed by atoms with Crippen molar-refractivity contribution in [1.82, 2.24) is 25.2 Å². The van der Waals surface area contributed by atoms with Crippen LogP contribution in [0.5, 0.6) is 0 Å². The predicted octanol–water partition coefficient (Wildman–Crippen LogP) is 0.968. The van der Waals surface area contributed by atoms with Crippen molar-refractivity contribution in [3.63, 3.8) is 0 Å². The first-order valence-corrected chi connectivity index (χ1v) is 8.22. The number of carbonyl (C=O) groups is 2. The molecule has 0 spiro atoms. The van der Waals surface area contributed by atoms with E-state index < -0.39 is 0 Å². The third kappa shape index (κ3) is 4.21. The lowest BCUT2D eigenvalue weighted by Crippen LogP contribution is -2.27. The van der Waals surface area contributed by atoms with Gasteiger partial charge in [0.15, 0.2) is 5.69 Å². The van der Waals surface area contributed by atoms with Crippen molar-refractivity contribution in [2.75, 3.05) is 26.0 Å². The summed E-state index contributed by atoms with van der Waals surface area (Å²) in [6, 6.07) is 7.54. The molecule has 0 unspecified atom stereocenters. The summed E-state index contributed by atoms with van der Waals surface area (Å²) in [6.45, 7) is 2.14. The van der Waals surface area contributed by atoms with Gasteiger partial charge in [-0.1, -0.05) is 5.21 Å². The van der Waals surface area contributed by atoms with Crippen LogP contribution in [0.4, 0.5) is 5.69 Å². The highest BCUT2D eigenvalue weighted by Gasteiger charge is 2.26. The van der Waals surface area contributed by atoms with Gasteiger partial charge in [0.25, 0.3) is 5.91 Å². The van der Waals surface area contributed by atoms with Crippen LogP contribution in [0.2, 0.25) is 0 Å². The van der Waals surface area contributed by atoms with Gasteiger partial charge in [-0.15, -0.1) is 5.10 Å². The molecule has 132 valence electrons. The Morgan fingerprint density at radius 1 is 1.24 bits per heavy atom. The highest BCUT2D eigenvalue weighted by atomic mass is 16.2. The number of likely N-dealkylation sites (N-methyl/N-ethyl adjacent to an activating group) is 1. The van der Waals surface area contributed by atoms with Crippen molar-refractivity contribution in [3.8, 4) is 5.69 Å². The average molecular weight is 342 g/mol. The largest absolute Gasteiger partial charge is 0.348 e. The molecule has 0 radical (unpaired) electrons. The first-order chi connectivity index (χ1) is 11.9. The fourth-order valence-corrected chi connectivity index (χ4v) is 2.44. The van der Waals surface area contributed by atoms with Crippen LogP contribution in [-0.2, 0) is 4.79 Å². The highest BCUT2D eigenvalue weighted by molar-refractivity contribution is 5.94. The highest BCUT2D eigenvalue weighted by Crippen LogP contribution is 2.20. The molecular formula is C17H22N6O2. The number of anilines is 1. The van der Waals surface area contributed by atoms with E-state index >= 15 is 0 Å². The minimum Gasteiger partial charge on any atom is -0.348 e. The van der Waals surface area contributed by atoms with E-state index in [2.05, 4.69) is 20.9 Å². The van der Waals surface area contributed by atoms with Gasteiger partial charge in [0.05, 0.1) is 17.9 Å². The van der Waals surface area contributed by atoms with Gasteiger partial charge in [-0.2, -0.15) is 0 Å². The van der Waals surface area contributed by atoms with Crippen LogP contribution in [0.3, 0.4) is 0 Å². The zero-order chi connectivity index (χ0) is 18.0. The van der Waals surface area contributed by atoms with Crippen LogP contribution in [0.15, 0.2) is 24.3 Å². The number of hydrogen-bond donors (Lipinski definition) is 2. The molecule has 0 aliphatic heterocycles. The Morgan fingerprint density at radius 2 is 1.92 bits per heavy atom. The SMILES string of the molecule is Cc1c(C(=O)NC2CC2)nnn1-c1ccc(NC(=O)CN(C)C)cc1. The second-order valence-corrected chi connectivity index (χ2v) is 6.52. The molecule has 1 fully saturated rings. The van der Waals surface area contributed by atoms with Gasteiger partial charge in [-0.3, -0.25) is 9.59 Å². The van der Waals surface area contributed by atoms with E-state index in [4.69, 9.17) is 0 Å². The summed E-state index contributed by atoms with van der Waals surface area (Å²) in [5, 5.41) is 13.8. The fraction of sp³-hybridized carbons (Fsp3) is 0.412. The van der Waals surface area contributed by atoms with Crippen molar-refractivity contribution in [3.05, 3.63) is 35.7 Å². The van der Waals surface area contributed by atoms with Crippen LogP contribution in [0.25, 0.3) is 5.69 Å². The summed E-state index contributed by atoms with van der Waals surface area (Å²) in [4.78, 5) is 25.7. The van der Waals surface area contributed by atoms with E-state index in [-0.39, 0.29) is 17.9 Å². The van der Waals surface area contributed by atoms with E-state index in [9.17, 15) is 9.59 Å². The maximum atomic E-state index is 12.1. The molecule has 2 aromatic rings. The molecule has 1 heterocycles. The zero-order valence-corrected chi connectivity index (χ0v) is 14.6. The minimum absolute atomic E-state index is 0.0753. The second kappa shape index (κ2) is 7.02. The van der Waals surface area contributed by atoms with Gasteiger partial charge < -0.3 is 15.5 Å². The van der Waals surface area contributed by atoms with Crippen molar-refractivity contribution >= 4 is 17.5 Å². The molecule has 1 saturated carbocycles. The van der Waals surface area contributed by atoms with E-state index in [0.29, 0.717) is 23.6 Å². The summed E-state index contributed by atoms with van der Waals surface area (Å²) >= 11 is 0. The number of amides is 2. The first-order valence-electron chi connectivity index (χ1n) is 8.22. The van der Waals surface area contributed by atoms with Crippen molar-refractivity contribution in [2.45, 2.75) is 25.8 Å². The third-order valence-corrected chi connectivity index (χ3v) is 3.88. The van der Waals surface area contributed by atoms with Crippen molar-refractivity contribution in [1.29, 1.82) is 0 Å². The standard InChI is InChI=1S/C17H22N6O2/c1-11-16(17(25)19-13-4-5-13)20-21-23(11)14-8-6-12(7-9-14)18-15(24)10-22(2)3/h6-9,13H,4-5,10H2,1-3H3,(H,18,24)(H,19,25). The molecule has 0 saturated heterocycles. The van der Waals surface area contributed by atoms with Crippen LogP contribution in [0.1, 0.15) is 29.0 Å². The van der Waals surface area contributed by atoms with Crippen LogP contribution in [0, 0.1) is 6.92 Å². The lowest BCUT2D eigenvalue weighted by atomic mass is 10.2. The molecule has 8 heteroatoms. The van der Waals surface area contributed by atoms with Gasteiger partial charge in [0.2, 0.25) is 5.91 Å². The Hall–Kier alpha value is -2.74. The minimum atomic E-state index is -0.182. The molecule has 0 atom stereocenters. The quantitative estimate of drug-likeness (QED) is 0.816. The Kier molecular flexibility index (Phi) is 4.80. The number of carbonyl (C=O) groups excluding carboxylic acids is 2. The van der Waals surface area contributed by atoms with Gasteiger partial charge in [0, 0.05) is 11.7 Å². The molecule has 3 rings (SSSR count). The number of hydrogen-bond acceptors (Lipinski definition) is 5. The predicted molar refractivity (Wildman–Crippen MR) is 93.8 cm³/mol. The second-order valence-electron chi connectivity index (χ2n) is 6.52. The smallest absolute Gasteiger partial charge is 0.273 e. The third-order valence-electron chi connectivity index (χ3n) is 3.88. The Morgan fingerprint density at radius 3 is 2.52 bits per heavy atom.